The van der Waals surface area contributed by atoms with Gasteiger partial charge in [-0.25, -0.2) is 0 Å². The van der Waals surface area contributed by atoms with Crippen molar-refractivity contribution in [2.45, 2.75) is 13.3 Å². The molecule has 2 rings (SSSR count). The summed E-state index contributed by atoms with van der Waals surface area (Å²) in [5.41, 5.74) is 1.73. The second kappa shape index (κ2) is 5.70. The van der Waals surface area contributed by atoms with Crippen LogP contribution in [0.4, 0.5) is 0 Å². The number of halogens is 1. The summed E-state index contributed by atoms with van der Waals surface area (Å²) in [4.78, 5) is 0. The Hall–Kier alpha value is -1.79. The third-order valence-corrected chi connectivity index (χ3v) is 3.09. The zero-order valence-electron chi connectivity index (χ0n) is 9.98. The van der Waals surface area contributed by atoms with E-state index >= 15 is 0 Å². The Morgan fingerprint density at radius 1 is 1.22 bits per heavy atom. The van der Waals surface area contributed by atoms with Crippen LogP contribution in [-0.4, -0.2) is 0 Å². The predicted molar refractivity (Wildman–Crippen MR) is 74.8 cm³/mol. The van der Waals surface area contributed by atoms with Crippen LogP contribution in [-0.2, 0) is 6.42 Å². The Kier molecular flexibility index (Phi) is 4.01. The molecule has 3 heteroatoms. The van der Waals surface area contributed by atoms with Crippen molar-refractivity contribution in [1.82, 2.24) is 0 Å². The van der Waals surface area contributed by atoms with Gasteiger partial charge in [0.05, 0.1) is 5.56 Å². The van der Waals surface area contributed by atoms with Gasteiger partial charge < -0.3 is 4.74 Å². The van der Waals surface area contributed by atoms with Gasteiger partial charge in [0, 0.05) is 4.47 Å². The van der Waals surface area contributed by atoms with Crippen LogP contribution in [0.5, 0.6) is 11.5 Å². The molecule has 0 radical (unpaired) electrons. The van der Waals surface area contributed by atoms with Gasteiger partial charge in [-0.3, -0.25) is 0 Å². The van der Waals surface area contributed by atoms with Gasteiger partial charge in [0.1, 0.15) is 17.6 Å². The van der Waals surface area contributed by atoms with Crippen molar-refractivity contribution in [2.75, 3.05) is 0 Å². The SMILES string of the molecule is CCc1cccc(Oc2ccc(Br)cc2C#N)c1. The van der Waals surface area contributed by atoms with E-state index in [1.54, 1.807) is 12.1 Å². The van der Waals surface area contributed by atoms with Gasteiger partial charge in [0.25, 0.3) is 0 Å². The summed E-state index contributed by atoms with van der Waals surface area (Å²) in [6, 6.07) is 15.4. The summed E-state index contributed by atoms with van der Waals surface area (Å²) in [5.74, 6) is 1.34. The fourth-order valence-electron chi connectivity index (χ4n) is 1.63. The highest BCUT2D eigenvalue weighted by molar-refractivity contribution is 9.10. The first-order chi connectivity index (χ1) is 8.72. The lowest BCUT2D eigenvalue weighted by atomic mass is 10.1. The van der Waals surface area contributed by atoms with Gasteiger partial charge in [-0.1, -0.05) is 35.0 Å². The molecular weight excluding hydrogens is 290 g/mol. The molecule has 2 aromatic rings. The van der Waals surface area contributed by atoms with E-state index in [0.29, 0.717) is 11.3 Å². The first-order valence-electron chi connectivity index (χ1n) is 5.69. The Labute approximate surface area is 115 Å². The number of hydrogen-bond acceptors (Lipinski definition) is 2. The Morgan fingerprint density at radius 3 is 2.78 bits per heavy atom. The van der Waals surface area contributed by atoms with Crippen LogP contribution < -0.4 is 4.74 Å². The highest BCUT2D eigenvalue weighted by atomic mass is 79.9. The van der Waals surface area contributed by atoms with Crippen molar-refractivity contribution in [3.05, 3.63) is 58.1 Å². The normalized spacial score (nSPS) is 9.83. The summed E-state index contributed by atoms with van der Waals surface area (Å²) in [5, 5.41) is 9.07. The van der Waals surface area contributed by atoms with E-state index in [1.165, 1.54) is 5.56 Å². The molecule has 2 nitrogen and oxygen atoms in total. The average Bonchev–Trinajstić information content (AvgIpc) is 2.41. The van der Waals surface area contributed by atoms with E-state index in [0.717, 1.165) is 16.6 Å². The molecule has 2 aromatic carbocycles. The number of aryl methyl sites for hydroxylation is 1. The smallest absolute Gasteiger partial charge is 0.145 e. The van der Waals surface area contributed by atoms with Gasteiger partial charge >= 0.3 is 0 Å². The molecule has 0 aliphatic carbocycles. The molecule has 0 amide bonds. The second-order valence-electron chi connectivity index (χ2n) is 3.86. The van der Waals surface area contributed by atoms with Crippen molar-refractivity contribution >= 4 is 15.9 Å². The van der Waals surface area contributed by atoms with Crippen molar-refractivity contribution in [3.8, 4) is 17.6 Å². The van der Waals surface area contributed by atoms with Crippen LogP contribution in [0.1, 0.15) is 18.1 Å². The van der Waals surface area contributed by atoms with Crippen LogP contribution in [0.3, 0.4) is 0 Å². The van der Waals surface area contributed by atoms with Crippen LogP contribution in [0.15, 0.2) is 46.9 Å². The average molecular weight is 302 g/mol. The summed E-state index contributed by atoms with van der Waals surface area (Å²) < 4.78 is 6.62. The zero-order chi connectivity index (χ0) is 13.0. The summed E-state index contributed by atoms with van der Waals surface area (Å²) >= 11 is 3.34. The molecule has 0 N–H and O–H groups in total. The van der Waals surface area contributed by atoms with Crippen LogP contribution >= 0.6 is 15.9 Å². The molecule has 0 fully saturated rings. The molecule has 0 unspecified atom stereocenters. The molecule has 0 aromatic heterocycles. The maximum absolute atomic E-state index is 9.07. The molecule has 0 saturated heterocycles. The third-order valence-electron chi connectivity index (χ3n) is 2.60. The maximum atomic E-state index is 9.07. The van der Waals surface area contributed by atoms with E-state index in [2.05, 4.69) is 35.0 Å². The largest absolute Gasteiger partial charge is 0.456 e. The molecule has 0 spiro atoms. The summed E-state index contributed by atoms with van der Waals surface area (Å²) in [6.45, 7) is 2.10. The van der Waals surface area contributed by atoms with Crippen molar-refractivity contribution in [3.63, 3.8) is 0 Å². The van der Waals surface area contributed by atoms with Crippen molar-refractivity contribution < 1.29 is 4.74 Å². The van der Waals surface area contributed by atoms with Gasteiger partial charge in [-0.15, -0.1) is 0 Å². The summed E-state index contributed by atoms with van der Waals surface area (Å²) in [6.07, 6.45) is 0.961. The van der Waals surface area contributed by atoms with Gasteiger partial charge in [-0.2, -0.15) is 5.26 Å². The quantitative estimate of drug-likeness (QED) is 0.825. The summed E-state index contributed by atoms with van der Waals surface area (Å²) in [7, 11) is 0. The number of benzene rings is 2. The number of hydrogen-bond donors (Lipinski definition) is 0. The van der Waals surface area contributed by atoms with Crippen LogP contribution in [0, 0.1) is 11.3 Å². The lowest BCUT2D eigenvalue weighted by Crippen LogP contribution is -1.89. The fraction of sp³-hybridized carbons (Fsp3) is 0.133. The minimum atomic E-state index is 0.520. The minimum Gasteiger partial charge on any atom is -0.456 e. The molecule has 0 bridgehead atoms. The van der Waals surface area contributed by atoms with E-state index in [4.69, 9.17) is 10.00 Å². The standard InChI is InChI=1S/C15H12BrNO/c1-2-11-4-3-5-14(8-11)18-15-7-6-13(16)9-12(15)10-17/h3-9H,2H2,1H3. The molecule has 90 valence electrons. The van der Waals surface area contributed by atoms with Gasteiger partial charge in [0.2, 0.25) is 0 Å². The third kappa shape index (κ3) is 2.91. The first kappa shape index (κ1) is 12.7. The molecule has 0 heterocycles. The molecule has 0 saturated carbocycles. The highest BCUT2D eigenvalue weighted by Gasteiger charge is 2.05. The molecule has 0 aliphatic rings. The Bertz CT molecular complexity index is 602. The topological polar surface area (TPSA) is 33.0 Å². The van der Waals surface area contributed by atoms with E-state index in [-0.39, 0.29) is 0 Å². The lowest BCUT2D eigenvalue weighted by Gasteiger charge is -2.08. The van der Waals surface area contributed by atoms with Gasteiger partial charge in [0.15, 0.2) is 0 Å². The highest BCUT2D eigenvalue weighted by Crippen LogP contribution is 2.28. The van der Waals surface area contributed by atoms with Crippen molar-refractivity contribution in [2.24, 2.45) is 0 Å². The Morgan fingerprint density at radius 2 is 2.06 bits per heavy atom. The molecule has 18 heavy (non-hydrogen) atoms. The first-order valence-corrected chi connectivity index (χ1v) is 6.48. The van der Waals surface area contributed by atoms with E-state index in [9.17, 15) is 0 Å². The Balaban J connectivity index is 2.31. The molecule has 0 atom stereocenters. The van der Waals surface area contributed by atoms with Crippen LogP contribution in [0.25, 0.3) is 0 Å². The fourth-order valence-corrected chi connectivity index (χ4v) is 2.00. The van der Waals surface area contributed by atoms with Crippen molar-refractivity contribution in [1.29, 1.82) is 5.26 Å². The zero-order valence-corrected chi connectivity index (χ0v) is 11.6. The number of nitrogens with zero attached hydrogens (tertiary/aromatic N) is 1. The minimum absolute atomic E-state index is 0.520. The number of rotatable bonds is 3. The molecule has 0 aliphatic heterocycles. The number of ether oxygens (including phenoxy) is 1. The maximum Gasteiger partial charge on any atom is 0.145 e. The lowest BCUT2D eigenvalue weighted by molar-refractivity contribution is 0.480. The second-order valence-corrected chi connectivity index (χ2v) is 4.77. The monoisotopic (exact) mass is 301 g/mol. The predicted octanol–water partition coefficient (Wildman–Crippen LogP) is 4.68. The van der Waals surface area contributed by atoms with Gasteiger partial charge in [-0.05, 0) is 42.3 Å². The molecular formula is C15H12BrNO. The van der Waals surface area contributed by atoms with E-state index in [1.807, 2.05) is 24.3 Å². The van der Waals surface area contributed by atoms with E-state index < -0.39 is 0 Å². The number of nitriles is 1. The van der Waals surface area contributed by atoms with Crippen LogP contribution in [0.2, 0.25) is 0 Å².